The van der Waals surface area contributed by atoms with E-state index in [1.54, 1.807) is 0 Å². The van der Waals surface area contributed by atoms with Crippen LogP contribution in [0.1, 0.15) is 78.6 Å². The molecule has 0 aromatic rings. The van der Waals surface area contributed by atoms with E-state index in [1.165, 1.54) is 57.8 Å². The standard InChI is InChI=1S/C18H35NO/c1-17(2,3)15-10-12-18(13-11-15,14-19-4)20-16-8-6-5-7-9-16/h15-16,19H,5-14H2,1-4H3. The predicted molar refractivity (Wildman–Crippen MR) is 86.0 cm³/mol. The predicted octanol–water partition coefficient (Wildman–Crippen LogP) is 4.53. The maximum atomic E-state index is 6.66. The van der Waals surface area contributed by atoms with Crippen LogP contribution in [0.2, 0.25) is 0 Å². The molecule has 0 bridgehead atoms. The van der Waals surface area contributed by atoms with Gasteiger partial charge in [0.05, 0.1) is 11.7 Å². The van der Waals surface area contributed by atoms with Crippen LogP contribution in [-0.2, 0) is 4.74 Å². The Morgan fingerprint density at radius 2 is 1.60 bits per heavy atom. The summed E-state index contributed by atoms with van der Waals surface area (Å²) < 4.78 is 6.66. The lowest BCUT2D eigenvalue weighted by Crippen LogP contribution is -2.48. The lowest BCUT2D eigenvalue weighted by Gasteiger charge is -2.46. The first-order valence-corrected chi connectivity index (χ1v) is 8.78. The van der Waals surface area contributed by atoms with Gasteiger partial charge in [-0.3, -0.25) is 0 Å². The van der Waals surface area contributed by atoms with Crippen molar-refractivity contribution in [1.82, 2.24) is 5.32 Å². The highest BCUT2D eigenvalue weighted by molar-refractivity contribution is 4.93. The second-order valence-corrected chi connectivity index (χ2v) is 8.23. The molecule has 0 atom stereocenters. The summed E-state index contributed by atoms with van der Waals surface area (Å²) in [5.41, 5.74) is 0.579. The molecule has 0 radical (unpaired) electrons. The molecule has 2 heteroatoms. The van der Waals surface area contributed by atoms with Gasteiger partial charge >= 0.3 is 0 Å². The van der Waals surface area contributed by atoms with E-state index in [2.05, 4.69) is 33.1 Å². The van der Waals surface area contributed by atoms with Gasteiger partial charge in [-0.05, 0) is 56.9 Å². The molecule has 2 aliphatic rings. The lowest BCUT2D eigenvalue weighted by atomic mass is 9.68. The molecular formula is C18H35NO. The van der Waals surface area contributed by atoms with Crippen molar-refractivity contribution in [1.29, 1.82) is 0 Å². The first-order valence-electron chi connectivity index (χ1n) is 8.78. The Bertz CT molecular complexity index is 280. The van der Waals surface area contributed by atoms with E-state index in [0.29, 0.717) is 11.5 Å². The number of hydrogen-bond donors (Lipinski definition) is 1. The van der Waals surface area contributed by atoms with Crippen LogP contribution in [0.3, 0.4) is 0 Å². The van der Waals surface area contributed by atoms with E-state index in [0.717, 1.165) is 12.5 Å². The van der Waals surface area contributed by atoms with Crippen LogP contribution in [0.25, 0.3) is 0 Å². The normalized spacial score (nSPS) is 33.3. The Morgan fingerprint density at radius 1 is 1.00 bits per heavy atom. The Hall–Kier alpha value is -0.0800. The molecule has 0 aromatic heterocycles. The van der Waals surface area contributed by atoms with Crippen LogP contribution in [0.15, 0.2) is 0 Å². The average molecular weight is 281 g/mol. The van der Waals surface area contributed by atoms with Gasteiger partial charge in [0.2, 0.25) is 0 Å². The van der Waals surface area contributed by atoms with Crippen molar-refractivity contribution in [2.45, 2.75) is 90.3 Å². The van der Waals surface area contributed by atoms with E-state index in [9.17, 15) is 0 Å². The Labute approximate surface area is 126 Å². The molecule has 2 fully saturated rings. The summed E-state index contributed by atoms with van der Waals surface area (Å²) >= 11 is 0. The molecule has 2 rings (SSSR count). The van der Waals surface area contributed by atoms with Gasteiger partial charge in [0.25, 0.3) is 0 Å². The second kappa shape index (κ2) is 6.79. The maximum absolute atomic E-state index is 6.66. The first-order chi connectivity index (χ1) is 9.45. The van der Waals surface area contributed by atoms with Gasteiger partial charge in [-0.2, -0.15) is 0 Å². The third-order valence-electron chi connectivity index (χ3n) is 5.59. The summed E-state index contributed by atoms with van der Waals surface area (Å²) in [6.45, 7) is 8.21. The first kappa shape index (κ1) is 16.3. The number of likely N-dealkylation sites (N-methyl/N-ethyl adjacent to an activating group) is 1. The molecule has 0 aliphatic heterocycles. The Kier molecular flexibility index (Phi) is 5.53. The largest absolute Gasteiger partial charge is 0.370 e. The zero-order valence-corrected chi connectivity index (χ0v) is 14.1. The third-order valence-corrected chi connectivity index (χ3v) is 5.59. The summed E-state index contributed by atoms with van der Waals surface area (Å²) in [5.74, 6) is 0.863. The molecule has 2 aliphatic carbocycles. The minimum atomic E-state index is 0.124. The number of rotatable bonds is 4. The van der Waals surface area contributed by atoms with Crippen LogP contribution in [-0.4, -0.2) is 25.3 Å². The van der Waals surface area contributed by atoms with E-state index in [4.69, 9.17) is 4.74 Å². The van der Waals surface area contributed by atoms with E-state index < -0.39 is 0 Å². The fourth-order valence-corrected chi connectivity index (χ4v) is 4.20. The molecule has 20 heavy (non-hydrogen) atoms. The van der Waals surface area contributed by atoms with E-state index >= 15 is 0 Å². The minimum absolute atomic E-state index is 0.124. The highest BCUT2D eigenvalue weighted by Gasteiger charge is 2.40. The zero-order chi connectivity index (χ0) is 14.6. The highest BCUT2D eigenvalue weighted by Crippen LogP contribution is 2.43. The molecule has 0 amide bonds. The zero-order valence-electron chi connectivity index (χ0n) is 14.1. The van der Waals surface area contributed by atoms with Crippen molar-refractivity contribution in [3.8, 4) is 0 Å². The van der Waals surface area contributed by atoms with Gasteiger partial charge in [-0.1, -0.05) is 40.0 Å². The van der Waals surface area contributed by atoms with Gasteiger partial charge in [0.1, 0.15) is 0 Å². The average Bonchev–Trinajstić information content (AvgIpc) is 2.39. The van der Waals surface area contributed by atoms with Crippen LogP contribution in [0.5, 0.6) is 0 Å². The van der Waals surface area contributed by atoms with Crippen LogP contribution >= 0.6 is 0 Å². The Balaban J connectivity index is 1.93. The summed E-state index contributed by atoms with van der Waals surface area (Å²) in [6.07, 6.45) is 12.4. The van der Waals surface area contributed by atoms with Crippen LogP contribution < -0.4 is 5.32 Å². The fourth-order valence-electron chi connectivity index (χ4n) is 4.20. The number of hydrogen-bond acceptors (Lipinski definition) is 2. The molecular weight excluding hydrogens is 246 g/mol. The van der Waals surface area contributed by atoms with Gasteiger partial charge < -0.3 is 10.1 Å². The second-order valence-electron chi connectivity index (χ2n) is 8.23. The molecule has 1 N–H and O–H groups in total. The van der Waals surface area contributed by atoms with E-state index in [-0.39, 0.29) is 5.60 Å². The molecule has 0 heterocycles. The van der Waals surface area contributed by atoms with Crippen molar-refractivity contribution in [3.05, 3.63) is 0 Å². The van der Waals surface area contributed by atoms with Crippen LogP contribution in [0.4, 0.5) is 0 Å². The SMILES string of the molecule is CNCC1(OC2CCCCC2)CCC(C(C)(C)C)CC1. The van der Waals surface area contributed by atoms with Crippen molar-refractivity contribution < 1.29 is 4.74 Å². The Morgan fingerprint density at radius 3 is 2.10 bits per heavy atom. The summed E-state index contributed by atoms with van der Waals surface area (Å²) in [5, 5.41) is 3.40. The number of ether oxygens (including phenoxy) is 1. The fraction of sp³-hybridized carbons (Fsp3) is 1.00. The van der Waals surface area contributed by atoms with E-state index in [1.807, 2.05) is 0 Å². The highest BCUT2D eigenvalue weighted by atomic mass is 16.5. The van der Waals surface area contributed by atoms with Gasteiger partial charge in [0.15, 0.2) is 0 Å². The third kappa shape index (κ3) is 4.21. The van der Waals surface area contributed by atoms with Gasteiger partial charge in [0, 0.05) is 6.54 Å². The molecule has 0 aromatic carbocycles. The van der Waals surface area contributed by atoms with Crippen molar-refractivity contribution >= 4 is 0 Å². The molecule has 2 nitrogen and oxygen atoms in total. The number of nitrogens with one attached hydrogen (secondary N) is 1. The molecule has 2 saturated carbocycles. The summed E-state index contributed by atoms with van der Waals surface area (Å²) in [7, 11) is 2.07. The monoisotopic (exact) mass is 281 g/mol. The minimum Gasteiger partial charge on any atom is -0.370 e. The molecule has 118 valence electrons. The lowest BCUT2D eigenvalue weighted by molar-refractivity contribution is -0.131. The van der Waals surface area contributed by atoms with Gasteiger partial charge in [-0.15, -0.1) is 0 Å². The van der Waals surface area contributed by atoms with Crippen LogP contribution in [0, 0.1) is 11.3 Å². The molecule has 0 unspecified atom stereocenters. The smallest absolute Gasteiger partial charge is 0.0810 e. The van der Waals surface area contributed by atoms with Gasteiger partial charge in [-0.25, -0.2) is 0 Å². The molecule has 0 spiro atoms. The van der Waals surface area contributed by atoms with Crippen molar-refractivity contribution in [2.75, 3.05) is 13.6 Å². The molecule has 0 saturated heterocycles. The summed E-state index contributed by atoms with van der Waals surface area (Å²) in [6, 6.07) is 0. The van der Waals surface area contributed by atoms with Crippen molar-refractivity contribution in [3.63, 3.8) is 0 Å². The topological polar surface area (TPSA) is 21.3 Å². The summed E-state index contributed by atoms with van der Waals surface area (Å²) in [4.78, 5) is 0. The maximum Gasteiger partial charge on any atom is 0.0810 e. The van der Waals surface area contributed by atoms with Crippen molar-refractivity contribution in [2.24, 2.45) is 11.3 Å². The quantitative estimate of drug-likeness (QED) is 0.817.